The molecular formula is C23H31ClN6O4S. The summed E-state index contributed by atoms with van der Waals surface area (Å²) in [6.07, 6.45) is 2.52. The van der Waals surface area contributed by atoms with Crippen LogP contribution in [0.2, 0.25) is 5.02 Å². The monoisotopic (exact) mass is 522 g/mol. The van der Waals surface area contributed by atoms with Crippen LogP contribution in [-0.4, -0.2) is 92.3 Å². The Morgan fingerprint density at radius 3 is 2.60 bits per heavy atom. The van der Waals surface area contributed by atoms with Gasteiger partial charge in [0.25, 0.3) is 0 Å². The SMILES string of the molecule is C[C@@H]1CN(C(=O)n2ccc(NS(C)(=O)=O)n2)CCN1Cc1ccc(Cl)c(N2CC3COCC3C2)c1. The van der Waals surface area contributed by atoms with Crippen LogP contribution in [0.3, 0.4) is 0 Å². The summed E-state index contributed by atoms with van der Waals surface area (Å²) in [4.78, 5) is 19.4. The number of nitrogens with zero attached hydrogens (tertiary/aromatic N) is 5. The van der Waals surface area contributed by atoms with E-state index < -0.39 is 10.0 Å². The zero-order valence-corrected chi connectivity index (χ0v) is 21.5. The van der Waals surface area contributed by atoms with Crippen LogP contribution in [0.25, 0.3) is 0 Å². The van der Waals surface area contributed by atoms with Gasteiger partial charge in [-0.15, -0.1) is 5.10 Å². The Kier molecular flexibility index (Phi) is 6.69. The van der Waals surface area contributed by atoms with Crippen molar-refractivity contribution < 1.29 is 17.9 Å². The van der Waals surface area contributed by atoms with Gasteiger partial charge in [-0.2, -0.15) is 4.68 Å². The number of halogens is 1. The topological polar surface area (TPSA) is 100 Å². The first kappa shape index (κ1) is 24.4. The number of rotatable bonds is 5. The van der Waals surface area contributed by atoms with Crippen LogP contribution in [0.5, 0.6) is 0 Å². The quantitative estimate of drug-likeness (QED) is 0.642. The third-order valence-corrected chi connectivity index (χ3v) is 7.99. The van der Waals surface area contributed by atoms with Crippen molar-refractivity contribution in [3.8, 4) is 0 Å². The van der Waals surface area contributed by atoms with Crippen LogP contribution in [0.1, 0.15) is 12.5 Å². The fourth-order valence-corrected chi connectivity index (χ4v) is 5.97. The number of benzene rings is 1. The molecule has 35 heavy (non-hydrogen) atoms. The molecule has 2 unspecified atom stereocenters. The van der Waals surface area contributed by atoms with Gasteiger partial charge in [-0.05, 0) is 24.6 Å². The van der Waals surface area contributed by atoms with E-state index in [1.807, 2.05) is 6.07 Å². The molecule has 4 heterocycles. The van der Waals surface area contributed by atoms with E-state index in [0.29, 0.717) is 24.9 Å². The van der Waals surface area contributed by atoms with Gasteiger partial charge in [0.05, 0.1) is 30.2 Å². The van der Waals surface area contributed by atoms with Gasteiger partial charge < -0.3 is 14.5 Å². The van der Waals surface area contributed by atoms with E-state index in [1.54, 1.807) is 4.90 Å². The van der Waals surface area contributed by atoms with Crippen LogP contribution in [0.15, 0.2) is 30.5 Å². The summed E-state index contributed by atoms with van der Waals surface area (Å²) in [5.41, 5.74) is 2.30. The number of nitrogens with one attached hydrogen (secondary N) is 1. The number of carbonyl (C=O) groups is 1. The van der Waals surface area contributed by atoms with E-state index in [2.05, 4.69) is 38.7 Å². The molecule has 1 aromatic heterocycles. The first-order valence-electron chi connectivity index (χ1n) is 11.8. The molecule has 1 N–H and O–H groups in total. The molecule has 190 valence electrons. The molecule has 1 amide bonds. The summed E-state index contributed by atoms with van der Waals surface area (Å²) < 4.78 is 31.9. The smallest absolute Gasteiger partial charge is 0.344 e. The minimum Gasteiger partial charge on any atom is -0.381 e. The number of fused-ring (bicyclic) bond motifs is 1. The zero-order chi connectivity index (χ0) is 24.7. The Morgan fingerprint density at radius 1 is 1.17 bits per heavy atom. The third-order valence-electron chi connectivity index (χ3n) is 7.09. The third kappa shape index (κ3) is 5.42. The van der Waals surface area contributed by atoms with Gasteiger partial charge in [-0.1, -0.05) is 17.7 Å². The van der Waals surface area contributed by atoms with Crippen LogP contribution < -0.4 is 9.62 Å². The highest BCUT2D eigenvalue weighted by molar-refractivity contribution is 7.92. The van der Waals surface area contributed by atoms with Crippen molar-refractivity contribution in [3.63, 3.8) is 0 Å². The number of sulfonamides is 1. The fraction of sp³-hybridized carbons (Fsp3) is 0.565. The van der Waals surface area contributed by atoms with Crippen molar-refractivity contribution in [3.05, 3.63) is 41.0 Å². The summed E-state index contributed by atoms with van der Waals surface area (Å²) >= 11 is 6.58. The lowest BCUT2D eigenvalue weighted by atomic mass is 10.0. The number of carbonyl (C=O) groups excluding carboxylic acids is 1. The van der Waals surface area contributed by atoms with Gasteiger partial charge in [0.15, 0.2) is 5.82 Å². The van der Waals surface area contributed by atoms with E-state index in [9.17, 15) is 13.2 Å². The van der Waals surface area contributed by atoms with Crippen molar-refractivity contribution in [2.24, 2.45) is 11.8 Å². The molecule has 3 atom stereocenters. The number of ether oxygens (including phenoxy) is 1. The molecule has 0 radical (unpaired) electrons. The first-order chi connectivity index (χ1) is 16.7. The maximum atomic E-state index is 12.9. The van der Waals surface area contributed by atoms with E-state index in [0.717, 1.165) is 56.4 Å². The lowest BCUT2D eigenvalue weighted by Gasteiger charge is -2.39. The van der Waals surface area contributed by atoms with Gasteiger partial charge in [0, 0.05) is 69.4 Å². The molecule has 0 saturated carbocycles. The molecule has 1 aromatic carbocycles. The molecule has 3 saturated heterocycles. The maximum Gasteiger partial charge on any atom is 0.344 e. The summed E-state index contributed by atoms with van der Waals surface area (Å²) in [6, 6.07) is 7.62. The second-order valence-electron chi connectivity index (χ2n) is 9.82. The molecule has 0 spiro atoms. The highest BCUT2D eigenvalue weighted by atomic mass is 35.5. The average Bonchev–Trinajstić information content (AvgIpc) is 3.51. The standard InChI is InChI=1S/C23H31ClN6O4S/c1-16-10-28(23(31)30-6-5-22(25-30)26-35(2,32)33)8-7-27(16)11-17-3-4-20(24)21(9-17)29-12-18-14-34-15-19(18)13-29/h3-6,9,16,18-19H,7-8,10-15H2,1-2H3,(H,25,26)/t16-,18?,19?/m1/s1. The minimum absolute atomic E-state index is 0.125. The molecule has 12 heteroatoms. The van der Waals surface area contributed by atoms with Crippen LogP contribution in [0.4, 0.5) is 16.3 Å². The van der Waals surface area contributed by atoms with Crippen molar-refractivity contribution in [1.29, 1.82) is 0 Å². The Hall–Kier alpha value is -2.34. The highest BCUT2D eigenvalue weighted by Gasteiger charge is 2.38. The average molecular weight is 523 g/mol. The number of hydrogen-bond acceptors (Lipinski definition) is 7. The molecule has 3 aliphatic rings. The van der Waals surface area contributed by atoms with Gasteiger partial charge in [-0.3, -0.25) is 9.62 Å². The number of aromatic nitrogens is 2. The van der Waals surface area contributed by atoms with Gasteiger partial charge in [-0.25, -0.2) is 13.2 Å². The van der Waals surface area contributed by atoms with Crippen LogP contribution >= 0.6 is 11.6 Å². The van der Waals surface area contributed by atoms with Crippen LogP contribution in [-0.2, 0) is 21.3 Å². The minimum atomic E-state index is -3.45. The fourth-order valence-electron chi connectivity index (χ4n) is 5.24. The number of piperazine rings is 1. The molecular weight excluding hydrogens is 492 g/mol. The maximum absolute atomic E-state index is 12.9. The summed E-state index contributed by atoms with van der Waals surface area (Å²) in [6.45, 7) is 8.39. The molecule has 0 bridgehead atoms. The van der Waals surface area contributed by atoms with Crippen molar-refractivity contribution >= 4 is 39.2 Å². The Bertz CT molecular complexity index is 1190. The number of amides is 1. The molecule has 2 aromatic rings. The highest BCUT2D eigenvalue weighted by Crippen LogP contribution is 2.36. The molecule has 5 rings (SSSR count). The largest absolute Gasteiger partial charge is 0.381 e. The molecule has 3 aliphatic heterocycles. The molecule has 0 aliphatic carbocycles. The van der Waals surface area contributed by atoms with Crippen molar-refractivity contribution in [2.45, 2.75) is 19.5 Å². The number of anilines is 2. The molecule has 3 fully saturated rings. The summed E-state index contributed by atoms with van der Waals surface area (Å²) in [7, 11) is -3.45. The second kappa shape index (κ2) is 9.61. The lowest BCUT2D eigenvalue weighted by molar-refractivity contribution is 0.0921. The first-order valence-corrected chi connectivity index (χ1v) is 14.1. The van der Waals surface area contributed by atoms with Gasteiger partial charge in [0.1, 0.15) is 0 Å². The summed E-state index contributed by atoms with van der Waals surface area (Å²) in [5.74, 6) is 1.31. The normalized spacial score (nSPS) is 25.2. The Labute approximate surface area is 210 Å². The molecule has 10 nitrogen and oxygen atoms in total. The van der Waals surface area contributed by atoms with E-state index in [1.165, 1.54) is 22.5 Å². The predicted molar refractivity (Wildman–Crippen MR) is 134 cm³/mol. The number of hydrogen-bond donors (Lipinski definition) is 1. The zero-order valence-electron chi connectivity index (χ0n) is 19.9. The van der Waals surface area contributed by atoms with Gasteiger partial charge >= 0.3 is 6.03 Å². The van der Waals surface area contributed by atoms with E-state index in [-0.39, 0.29) is 17.9 Å². The second-order valence-corrected chi connectivity index (χ2v) is 12.0. The van der Waals surface area contributed by atoms with Crippen molar-refractivity contribution in [1.82, 2.24) is 19.6 Å². The van der Waals surface area contributed by atoms with E-state index >= 15 is 0 Å². The Morgan fingerprint density at radius 2 is 1.91 bits per heavy atom. The lowest BCUT2D eigenvalue weighted by Crippen LogP contribution is -2.54. The predicted octanol–water partition coefficient (Wildman–Crippen LogP) is 2.16. The van der Waals surface area contributed by atoms with Crippen molar-refractivity contribution in [2.75, 3.05) is 61.8 Å². The van der Waals surface area contributed by atoms with Crippen LogP contribution in [0, 0.1) is 11.8 Å². The summed E-state index contributed by atoms with van der Waals surface area (Å²) in [5, 5.41) is 4.84. The van der Waals surface area contributed by atoms with Gasteiger partial charge in [0.2, 0.25) is 10.0 Å². The Balaban J connectivity index is 1.20. The van der Waals surface area contributed by atoms with E-state index in [4.69, 9.17) is 16.3 Å².